The highest BCUT2D eigenvalue weighted by molar-refractivity contribution is 5.80. The van der Waals surface area contributed by atoms with E-state index < -0.39 is 5.97 Å². The number of hydrogen-bond acceptors (Lipinski definition) is 3. The average Bonchev–Trinajstić information content (AvgIpc) is 2.50. The molecule has 0 radical (unpaired) electrons. The summed E-state index contributed by atoms with van der Waals surface area (Å²) in [5.74, 6) is -0.914. The molecule has 2 rings (SSSR count). The summed E-state index contributed by atoms with van der Waals surface area (Å²) in [6.07, 6.45) is 1.57. The van der Waals surface area contributed by atoms with Gasteiger partial charge in [-0.2, -0.15) is 0 Å². The molecule has 1 aliphatic rings. The summed E-state index contributed by atoms with van der Waals surface area (Å²) in [5.41, 5.74) is 2.25. The molecule has 1 aliphatic heterocycles. The third kappa shape index (κ3) is 4.21. The molecule has 0 bridgehead atoms. The van der Waals surface area contributed by atoms with Crippen molar-refractivity contribution in [2.45, 2.75) is 26.2 Å². The first kappa shape index (κ1) is 15.4. The predicted molar refractivity (Wildman–Crippen MR) is 81.2 cm³/mol. The summed E-state index contributed by atoms with van der Waals surface area (Å²) in [5, 5.41) is 15.0. The molecule has 2 unspecified atom stereocenters. The molecule has 0 aliphatic carbocycles. The van der Waals surface area contributed by atoms with Crippen LogP contribution in [0.15, 0.2) is 24.3 Å². The molecule has 2 atom stereocenters. The number of para-hydroxylation sites is 1. The Morgan fingerprint density at radius 1 is 1.43 bits per heavy atom. The highest BCUT2D eigenvalue weighted by atomic mass is 16.4. The largest absolute Gasteiger partial charge is 0.481 e. The number of nitrogens with one attached hydrogen (secondary N) is 2. The Morgan fingerprint density at radius 2 is 2.19 bits per heavy atom. The van der Waals surface area contributed by atoms with Crippen LogP contribution in [0.1, 0.15) is 25.3 Å². The van der Waals surface area contributed by atoms with Crippen molar-refractivity contribution < 1.29 is 14.7 Å². The maximum atomic E-state index is 12.2. The lowest BCUT2D eigenvalue weighted by molar-refractivity contribution is -0.138. The second kappa shape index (κ2) is 7.11. The second-order valence-electron chi connectivity index (χ2n) is 5.56. The predicted octanol–water partition coefficient (Wildman–Crippen LogP) is 1.89. The molecule has 1 aromatic carbocycles. The SMILES string of the molecule is CCC(CNC(=O)C1CNc2ccccc2C1)CC(=O)O. The fraction of sp³-hybridized carbons (Fsp3) is 0.500. The van der Waals surface area contributed by atoms with Crippen molar-refractivity contribution in [3.8, 4) is 0 Å². The molecule has 0 saturated carbocycles. The van der Waals surface area contributed by atoms with Crippen molar-refractivity contribution in [2.75, 3.05) is 18.4 Å². The van der Waals surface area contributed by atoms with Crippen molar-refractivity contribution >= 4 is 17.6 Å². The van der Waals surface area contributed by atoms with Gasteiger partial charge in [0.25, 0.3) is 0 Å². The van der Waals surface area contributed by atoms with Crippen LogP contribution < -0.4 is 10.6 Å². The van der Waals surface area contributed by atoms with Crippen LogP contribution in [-0.4, -0.2) is 30.1 Å². The van der Waals surface area contributed by atoms with Crippen LogP contribution in [-0.2, 0) is 16.0 Å². The molecule has 1 heterocycles. The number of benzene rings is 1. The van der Waals surface area contributed by atoms with Crippen molar-refractivity contribution in [2.24, 2.45) is 11.8 Å². The van der Waals surface area contributed by atoms with Gasteiger partial charge < -0.3 is 15.7 Å². The Kier molecular flexibility index (Phi) is 5.20. The van der Waals surface area contributed by atoms with Gasteiger partial charge >= 0.3 is 5.97 Å². The van der Waals surface area contributed by atoms with Crippen LogP contribution in [0.4, 0.5) is 5.69 Å². The minimum Gasteiger partial charge on any atom is -0.481 e. The summed E-state index contributed by atoms with van der Waals surface area (Å²) in [6.45, 7) is 3.00. The van der Waals surface area contributed by atoms with Gasteiger partial charge in [0.05, 0.1) is 5.92 Å². The number of aliphatic carboxylic acids is 1. The molecule has 21 heavy (non-hydrogen) atoms. The number of fused-ring (bicyclic) bond motifs is 1. The van der Waals surface area contributed by atoms with Gasteiger partial charge in [0, 0.05) is 25.2 Å². The van der Waals surface area contributed by atoms with E-state index in [1.165, 1.54) is 0 Å². The first-order chi connectivity index (χ1) is 10.1. The number of carbonyl (C=O) groups excluding carboxylic acids is 1. The van der Waals surface area contributed by atoms with E-state index in [4.69, 9.17) is 5.11 Å². The Hall–Kier alpha value is -2.04. The van der Waals surface area contributed by atoms with Crippen LogP contribution in [0.2, 0.25) is 0 Å². The Morgan fingerprint density at radius 3 is 2.90 bits per heavy atom. The summed E-state index contributed by atoms with van der Waals surface area (Å²) in [4.78, 5) is 22.9. The summed E-state index contributed by atoms with van der Waals surface area (Å²) >= 11 is 0. The molecule has 5 nitrogen and oxygen atoms in total. The van der Waals surface area contributed by atoms with Crippen LogP contribution in [0.25, 0.3) is 0 Å². The van der Waals surface area contributed by atoms with Gasteiger partial charge in [-0.1, -0.05) is 31.5 Å². The van der Waals surface area contributed by atoms with Crippen molar-refractivity contribution in [1.29, 1.82) is 0 Å². The van der Waals surface area contributed by atoms with E-state index in [-0.39, 0.29) is 24.2 Å². The van der Waals surface area contributed by atoms with Crippen LogP contribution in [0.5, 0.6) is 0 Å². The first-order valence-electron chi connectivity index (χ1n) is 7.41. The van der Waals surface area contributed by atoms with Crippen molar-refractivity contribution in [1.82, 2.24) is 5.32 Å². The number of rotatable bonds is 6. The molecule has 1 aromatic rings. The average molecular weight is 290 g/mol. The second-order valence-corrected chi connectivity index (χ2v) is 5.56. The van der Waals surface area contributed by atoms with Crippen molar-refractivity contribution in [3.05, 3.63) is 29.8 Å². The van der Waals surface area contributed by atoms with Crippen molar-refractivity contribution in [3.63, 3.8) is 0 Å². The molecular weight excluding hydrogens is 268 g/mol. The minimum atomic E-state index is -0.815. The quantitative estimate of drug-likeness (QED) is 0.747. The van der Waals surface area contributed by atoms with E-state index >= 15 is 0 Å². The van der Waals surface area contributed by atoms with E-state index in [9.17, 15) is 9.59 Å². The lowest BCUT2D eigenvalue weighted by Crippen LogP contribution is -2.40. The number of anilines is 1. The molecule has 5 heteroatoms. The summed E-state index contributed by atoms with van der Waals surface area (Å²) in [6, 6.07) is 8.00. The third-order valence-electron chi connectivity index (χ3n) is 4.00. The van der Waals surface area contributed by atoms with Gasteiger partial charge in [0.1, 0.15) is 0 Å². The standard InChI is InChI=1S/C16H22N2O3/c1-2-11(7-15(19)20)9-18-16(21)13-8-12-5-3-4-6-14(12)17-10-13/h3-6,11,13,17H,2,7-10H2,1H3,(H,18,21)(H,19,20). The smallest absolute Gasteiger partial charge is 0.303 e. The number of hydrogen-bond donors (Lipinski definition) is 3. The maximum Gasteiger partial charge on any atom is 0.303 e. The number of carboxylic acids is 1. The number of carboxylic acid groups (broad SMARTS) is 1. The molecule has 0 spiro atoms. The third-order valence-corrected chi connectivity index (χ3v) is 4.00. The monoisotopic (exact) mass is 290 g/mol. The van der Waals surface area contributed by atoms with Crippen LogP contribution in [0.3, 0.4) is 0 Å². The van der Waals surface area contributed by atoms with Crippen LogP contribution in [0, 0.1) is 11.8 Å². The van der Waals surface area contributed by atoms with Gasteiger partial charge in [0.15, 0.2) is 0 Å². The number of amides is 1. The molecule has 114 valence electrons. The maximum absolute atomic E-state index is 12.2. The summed E-state index contributed by atoms with van der Waals surface area (Å²) in [7, 11) is 0. The zero-order chi connectivity index (χ0) is 15.2. The van der Waals surface area contributed by atoms with E-state index in [1.54, 1.807) is 0 Å². The number of carbonyl (C=O) groups is 2. The topological polar surface area (TPSA) is 78.4 Å². The molecule has 0 fully saturated rings. The van der Waals surface area contributed by atoms with Gasteiger partial charge in [-0.05, 0) is 24.0 Å². The van der Waals surface area contributed by atoms with E-state index in [1.807, 2.05) is 31.2 Å². The molecular formula is C16H22N2O3. The van der Waals surface area contributed by atoms with E-state index in [2.05, 4.69) is 10.6 Å². The van der Waals surface area contributed by atoms with Gasteiger partial charge in [-0.3, -0.25) is 9.59 Å². The normalized spacial score (nSPS) is 18.2. The highest BCUT2D eigenvalue weighted by Crippen LogP contribution is 2.24. The fourth-order valence-electron chi connectivity index (χ4n) is 2.62. The van der Waals surface area contributed by atoms with Crippen LogP contribution >= 0.6 is 0 Å². The lowest BCUT2D eigenvalue weighted by Gasteiger charge is -2.26. The molecule has 0 aromatic heterocycles. The molecule has 1 amide bonds. The lowest BCUT2D eigenvalue weighted by atomic mass is 9.93. The Bertz CT molecular complexity index is 516. The van der Waals surface area contributed by atoms with Gasteiger partial charge in [0.2, 0.25) is 5.91 Å². The zero-order valence-corrected chi connectivity index (χ0v) is 12.3. The van der Waals surface area contributed by atoms with Gasteiger partial charge in [-0.15, -0.1) is 0 Å². The summed E-state index contributed by atoms with van der Waals surface area (Å²) < 4.78 is 0. The zero-order valence-electron chi connectivity index (χ0n) is 12.3. The Labute approximate surface area is 124 Å². The Balaban J connectivity index is 1.86. The van der Waals surface area contributed by atoms with Gasteiger partial charge in [-0.25, -0.2) is 0 Å². The highest BCUT2D eigenvalue weighted by Gasteiger charge is 2.24. The fourth-order valence-corrected chi connectivity index (χ4v) is 2.62. The molecule has 3 N–H and O–H groups in total. The minimum absolute atomic E-state index is 0.000779. The molecule has 0 saturated heterocycles. The first-order valence-corrected chi connectivity index (χ1v) is 7.41. The van der Waals surface area contributed by atoms with E-state index in [0.717, 1.165) is 24.1 Å². The van der Waals surface area contributed by atoms with E-state index in [0.29, 0.717) is 13.1 Å².